The Morgan fingerprint density at radius 2 is 2.31 bits per heavy atom. The van der Waals surface area contributed by atoms with Gasteiger partial charge in [-0.05, 0) is 19.1 Å². The molecule has 0 aliphatic heterocycles. The van der Waals surface area contributed by atoms with E-state index in [-0.39, 0.29) is 0 Å². The molecule has 0 saturated carbocycles. The van der Waals surface area contributed by atoms with Gasteiger partial charge >= 0.3 is 0 Å². The zero-order valence-corrected chi connectivity index (χ0v) is 9.48. The Labute approximate surface area is 97.8 Å². The average Bonchev–Trinajstić information content (AvgIpc) is 2.71. The molecule has 2 aromatic rings. The van der Waals surface area contributed by atoms with Gasteiger partial charge in [0, 0.05) is 6.54 Å². The SMILES string of the molecule is CCn1cc(Oc2nc(Cl)ccc2N)cn1. The van der Waals surface area contributed by atoms with Crippen LogP contribution in [0.1, 0.15) is 6.92 Å². The van der Waals surface area contributed by atoms with Gasteiger partial charge in [-0.25, -0.2) is 0 Å². The van der Waals surface area contributed by atoms with Crippen LogP contribution in [-0.2, 0) is 6.54 Å². The van der Waals surface area contributed by atoms with E-state index in [1.807, 2.05) is 6.92 Å². The van der Waals surface area contributed by atoms with Gasteiger partial charge in [0.25, 0.3) is 0 Å². The topological polar surface area (TPSA) is 66.0 Å². The van der Waals surface area contributed by atoms with Crippen LogP contribution in [0.15, 0.2) is 24.5 Å². The summed E-state index contributed by atoms with van der Waals surface area (Å²) in [7, 11) is 0. The molecule has 0 atom stereocenters. The number of aryl methyl sites for hydroxylation is 1. The van der Waals surface area contributed by atoms with E-state index in [1.165, 1.54) is 0 Å². The first-order valence-electron chi connectivity index (χ1n) is 4.81. The molecule has 0 radical (unpaired) electrons. The van der Waals surface area contributed by atoms with Gasteiger partial charge in [0.1, 0.15) is 5.15 Å². The van der Waals surface area contributed by atoms with Gasteiger partial charge in [0.2, 0.25) is 5.88 Å². The third-order valence-corrected chi connectivity index (χ3v) is 2.21. The van der Waals surface area contributed by atoms with E-state index in [4.69, 9.17) is 22.1 Å². The lowest BCUT2D eigenvalue weighted by Crippen LogP contribution is -1.95. The predicted octanol–water partition coefficient (Wildman–Crippen LogP) is 2.33. The highest BCUT2D eigenvalue weighted by atomic mass is 35.5. The fourth-order valence-corrected chi connectivity index (χ4v) is 1.33. The minimum atomic E-state index is 0.295. The van der Waals surface area contributed by atoms with Crippen LogP contribution in [0.3, 0.4) is 0 Å². The van der Waals surface area contributed by atoms with Crippen molar-refractivity contribution in [2.24, 2.45) is 0 Å². The van der Waals surface area contributed by atoms with Gasteiger partial charge in [0.05, 0.1) is 18.1 Å². The quantitative estimate of drug-likeness (QED) is 0.834. The van der Waals surface area contributed by atoms with Gasteiger partial charge in [-0.1, -0.05) is 11.6 Å². The maximum atomic E-state index is 5.75. The van der Waals surface area contributed by atoms with Gasteiger partial charge in [-0.15, -0.1) is 0 Å². The number of rotatable bonds is 3. The van der Waals surface area contributed by atoms with Crippen molar-refractivity contribution in [1.29, 1.82) is 0 Å². The molecule has 0 aliphatic rings. The molecule has 0 spiro atoms. The molecule has 0 aromatic carbocycles. The fourth-order valence-electron chi connectivity index (χ4n) is 1.19. The highest BCUT2D eigenvalue weighted by Gasteiger charge is 2.06. The first-order chi connectivity index (χ1) is 7.69. The first kappa shape index (κ1) is 10.8. The molecule has 5 nitrogen and oxygen atoms in total. The molecule has 6 heteroatoms. The lowest BCUT2D eigenvalue weighted by atomic mass is 10.4. The van der Waals surface area contributed by atoms with Gasteiger partial charge in [-0.2, -0.15) is 10.1 Å². The Morgan fingerprint density at radius 1 is 1.50 bits per heavy atom. The molecule has 0 unspecified atom stereocenters. The van der Waals surface area contributed by atoms with Crippen LogP contribution in [0.2, 0.25) is 5.15 Å². The Balaban J connectivity index is 2.22. The van der Waals surface area contributed by atoms with Crippen molar-refractivity contribution in [2.45, 2.75) is 13.5 Å². The average molecular weight is 239 g/mol. The largest absolute Gasteiger partial charge is 0.434 e. The summed E-state index contributed by atoms with van der Waals surface area (Å²) in [5.41, 5.74) is 6.14. The summed E-state index contributed by atoms with van der Waals surface area (Å²) in [6, 6.07) is 3.26. The molecule has 0 aliphatic carbocycles. The van der Waals surface area contributed by atoms with Crippen molar-refractivity contribution in [1.82, 2.24) is 14.8 Å². The second-order valence-corrected chi connectivity index (χ2v) is 3.55. The Bertz CT molecular complexity index is 497. The van der Waals surface area contributed by atoms with Crippen molar-refractivity contribution in [3.8, 4) is 11.6 Å². The molecule has 2 aromatic heterocycles. The zero-order valence-electron chi connectivity index (χ0n) is 8.72. The van der Waals surface area contributed by atoms with E-state index < -0.39 is 0 Å². The smallest absolute Gasteiger partial charge is 0.244 e. The van der Waals surface area contributed by atoms with E-state index in [2.05, 4.69) is 10.1 Å². The van der Waals surface area contributed by atoms with E-state index in [0.29, 0.717) is 22.5 Å². The van der Waals surface area contributed by atoms with E-state index in [9.17, 15) is 0 Å². The maximum Gasteiger partial charge on any atom is 0.244 e. The summed E-state index contributed by atoms with van der Waals surface area (Å²) >= 11 is 5.75. The van der Waals surface area contributed by atoms with E-state index in [0.717, 1.165) is 6.54 Å². The number of nitrogens with zero attached hydrogens (tertiary/aromatic N) is 3. The van der Waals surface area contributed by atoms with Crippen LogP contribution < -0.4 is 10.5 Å². The molecule has 0 bridgehead atoms. The van der Waals surface area contributed by atoms with Crippen LogP contribution in [0, 0.1) is 0 Å². The minimum absolute atomic E-state index is 0.295. The number of aromatic nitrogens is 3. The van der Waals surface area contributed by atoms with Crippen molar-refractivity contribution in [2.75, 3.05) is 5.73 Å². The Kier molecular flexibility index (Phi) is 2.96. The Hall–Kier alpha value is -1.75. The number of halogens is 1. The molecule has 16 heavy (non-hydrogen) atoms. The van der Waals surface area contributed by atoms with E-state index in [1.54, 1.807) is 29.2 Å². The third-order valence-electron chi connectivity index (χ3n) is 2.00. The summed E-state index contributed by atoms with van der Waals surface area (Å²) in [6.45, 7) is 2.77. The van der Waals surface area contributed by atoms with Gasteiger partial charge in [0.15, 0.2) is 5.75 Å². The molecule has 0 fully saturated rings. The van der Waals surface area contributed by atoms with Crippen molar-refractivity contribution < 1.29 is 4.74 Å². The van der Waals surface area contributed by atoms with E-state index >= 15 is 0 Å². The third kappa shape index (κ3) is 2.25. The number of pyridine rings is 1. The highest BCUT2D eigenvalue weighted by molar-refractivity contribution is 6.29. The number of anilines is 1. The lowest BCUT2D eigenvalue weighted by molar-refractivity contribution is 0.464. The predicted molar refractivity (Wildman–Crippen MR) is 61.6 cm³/mol. The molecule has 2 rings (SSSR count). The monoisotopic (exact) mass is 238 g/mol. The van der Waals surface area contributed by atoms with Crippen molar-refractivity contribution in [3.63, 3.8) is 0 Å². The van der Waals surface area contributed by atoms with Crippen molar-refractivity contribution >= 4 is 17.3 Å². The standard InChI is InChI=1S/C10H11ClN4O/c1-2-15-6-7(5-13-15)16-10-8(12)3-4-9(11)14-10/h3-6H,2,12H2,1H3. The van der Waals surface area contributed by atoms with Crippen LogP contribution in [0.4, 0.5) is 5.69 Å². The maximum absolute atomic E-state index is 5.75. The number of hydrogen-bond donors (Lipinski definition) is 1. The van der Waals surface area contributed by atoms with Gasteiger partial charge < -0.3 is 10.5 Å². The summed E-state index contributed by atoms with van der Waals surface area (Å²) < 4.78 is 7.21. The number of hydrogen-bond acceptors (Lipinski definition) is 4. The molecular weight excluding hydrogens is 228 g/mol. The summed E-state index contributed by atoms with van der Waals surface area (Å²) in [5.74, 6) is 0.881. The number of nitrogen functional groups attached to an aromatic ring is 1. The van der Waals surface area contributed by atoms with Crippen LogP contribution in [0.5, 0.6) is 11.6 Å². The number of nitrogens with two attached hydrogens (primary N) is 1. The molecule has 84 valence electrons. The summed E-state index contributed by atoms with van der Waals surface area (Å²) in [6.07, 6.45) is 3.37. The second kappa shape index (κ2) is 4.40. The second-order valence-electron chi connectivity index (χ2n) is 3.16. The molecular formula is C10H11ClN4O. The van der Waals surface area contributed by atoms with Crippen molar-refractivity contribution in [3.05, 3.63) is 29.7 Å². The van der Waals surface area contributed by atoms with Crippen LogP contribution in [-0.4, -0.2) is 14.8 Å². The fraction of sp³-hybridized carbons (Fsp3) is 0.200. The molecule has 2 heterocycles. The summed E-state index contributed by atoms with van der Waals surface area (Å²) in [5, 5.41) is 4.41. The molecule has 0 amide bonds. The summed E-state index contributed by atoms with van der Waals surface area (Å²) in [4.78, 5) is 3.98. The molecule has 0 saturated heterocycles. The van der Waals surface area contributed by atoms with Crippen LogP contribution in [0.25, 0.3) is 0 Å². The highest BCUT2D eigenvalue weighted by Crippen LogP contribution is 2.26. The first-order valence-corrected chi connectivity index (χ1v) is 5.19. The van der Waals surface area contributed by atoms with Gasteiger partial charge in [-0.3, -0.25) is 4.68 Å². The normalized spacial score (nSPS) is 10.4. The lowest BCUT2D eigenvalue weighted by Gasteiger charge is -2.04. The molecule has 2 N–H and O–H groups in total. The van der Waals surface area contributed by atoms with Crippen LogP contribution >= 0.6 is 11.6 Å². The minimum Gasteiger partial charge on any atom is -0.434 e. The Morgan fingerprint density at radius 3 is 3.00 bits per heavy atom. The number of ether oxygens (including phenoxy) is 1. The zero-order chi connectivity index (χ0) is 11.5.